The Morgan fingerprint density at radius 1 is 1.14 bits per heavy atom. The summed E-state index contributed by atoms with van der Waals surface area (Å²) in [6, 6.07) is 6.81. The lowest BCUT2D eigenvalue weighted by Crippen LogP contribution is -2.39. The van der Waals surface area contributed by atoms with Crippen LogP contribution in [0.3, 0.4) is 0 Å². The number of hydrogen-bond acceptors (Lipinski definition) is 4. The molecule has 3 heterocycles. The van der Waals surface area contributed by atoms with Crippen LogP contribution in [0, 0.1) is 5.82 Å². The zero-order valence-electron chi connectivity index (χ0n) is 18.4. The summed E-state index contributed by atoms with van der Waals surface area (Å²) in [5.74, 6) is -0.505. The topological polar surface area (TPSA) is 51.1 Å². The molecule has 190 valence electrons. The Hall–Kier alpha value is -1.78. The summed E-state index contributed by atoms with van der Waals surface area (Å²) in [5, 5.41) is 11.2. The zero-order valence-corrected chi connectivity index (χ0v) is 20.7. The molecule has 0 spiro atoms. The molecule has 1 aromatic heterocycles. The normalized spacial score (nSPS) is 21.3. The van der Waals surface area contributed by atoms with Gasteiger partial charge in [-0.05, 0) is 56.1 Å². The maximum Gasteiger partial charge on any atom is 0.433 e. The molecule has 5 rings (SSSR count). The fourth-order valence-electron chi connectivity index (χ4n) is 4.97. The van der Waals surface area contributed by atoms with Crippen molar-refractivity contribution in [3.63, 3.8) is 0 Å². The number of ether oxygens (including phenoxy) is 1. The van der Waals surface area contributed by atoms with Gasteiger partial charge in [-0.3, -0.25) is 4.68 Å². The first-order chi connectivity index (χ1) is 16.2. The molecule has 2 saturated heterocycles. The number of halogens is 7. The Labute approximate surface area is 215 Å². The van der Waals surface area contributed by atoms with Crippen LogP contribution in [0.25, 0.3) is 10.9 Å². The van der Waals surface area contributed by atoms with E-state index in [9.17, 15) is 17.6 Å². The molecular weight excluding hydrogens is 531 g/mol. The Morgan fingerprint density at radius 3 is 2.54 bits per heavy atom. The Balaban J connectivity index is 0.00000289. The number of alkyl halides is 3. The van der Waals surface area contributed by atoms with Gasteiger partial charge in [0, 0.05) is 36.4 Å². The fraction of sp³-hybridized carbons (Fsp3) is 0.435. The van der Waals surface area contributed by atoms with E-state index in [0.29, 0.717) is 51.3 Å². The Bertz CT molecular complexity index is 1220. The highest BCUT2D eigenvalue weighted by atomic mass is 35.5. The van der Waals surface area contributed by atoms with Gasteiger partial charge in [0.25, 0.3) is 0 Å². The Morgan fingerprint density at radius 2 is 1.89 bits per heavy atom. The third kappa shape index (κ3) is 4.81. The number of benzene rings is 2. The molecule has 2 aromatic carbocycles. The lowest BCUT2D eigenvalue weighted by Gasteiger charge is -2.33. The van der Waals surface area contributed by atoms with Gasteiger partial charge in [-0.15, -0.1) is 12.4 Å². The van der Waals surface area contributed by atoms with E-state index in [4.69, 9.17) is 27.9 Å². The van der Waals surface area contributed by atoms with E-state index >= 15 is 0 Å². The van der Waals surface area contributed by atoms with E-state index in [0.717, 1.165) is 4.68 Å². The second-order valence-electron chi connectivity index (χ2n) is 8.72. The van der Waals surface area contributed by atoms with E-state index in [2.05, 4.69) is 15.7 Å². The summed E-state index contributed by atoms with van der Waals surface area (Å²) in [5.41, 5.74) is -0.729. The summed E-state index contributed by atoms with van der Waals surface area (Å²) in [6.07, 6.45) is -3.13. The van der Waals surface area contributed by atoms with Crippen LogP contribution in [-0.4, -0.2) is 36.1 Å². The van der Waals surface area contributed by atoms with Crippen molar-refractivity contribution in [3.8, 4) is 0 Å². The number of rotatable bonds is 4. The van der Waals surface area contributed by atoms with Crippen molar-refractivity contribution in [2.24, 2.45) is 0 Å². The average Bonchev–Trinajstić information content (AvgIpc) is 3.42. The molecule has 0 aliphatic carbocycles. The first-order valence-corrected chi connectivity index (χ1v) is 11.8. The first-order valence-electron chi connectivity index (χ1n) is 11.0. The van der Waals surface area contributed by atoms with E-state index in [1.807, 2.05) is 0 Å². The Kier molecular flexibility index (Phi) is 7.46. The molecule has 5 nitrogen and oxygen atoms in total. The van der Waals surface area contributed by atoms with Crippen LogP contribution >= 0.6 is 35.6 Å². The molecule has 1 atom stereocenters. The highest BCUT2D eigenvalue weighted by Crippen LogP contribution is 2.43. The molecule has 35 heavy (non-hydrogen) atoms. The number of nitrogens with one attached hydrogen (secondary N) is 2. The van der Waals surface area contributed by atoms with Crippen molar-refractivity contribution in [3.05, 3.63) is 57.5 Å². The largest absolute Gasteiger partial charge is 0.433 e. The van der Waals surface area contributed by atoms with Crippen molar-refractivity contribution in [1.29, 1.82) is 0 Å². The minimum atomic E-state index is -4.56. The van der Waals surface area contributed by atoms with Gasteiger partial charge in [0.05, 0.1) is 27.1 Å². The van der Waals surface area contributed by atoms with Crippen molar-refractivity contribution in [2.75, 3.05) is 31.6 Å². The number of nitrogens with zero attached hydrogens (tertiary/aromatic N) is 2. The maximum absolute atomic E-state index is 14.9. The van der Waals surface area contributed by atoms with Gasteiger partial charge in [0.15, 0.2) is 5.69 Å². The van der Waals surface area contributed by atoms with Crippen molar-refractivity contribution < 1.29 is 22.3 Å². The fourth-order valence-corrected chi connectivity index (χ4v) is 5.47. The highest BCUT2D eigenvalue weighted by molar-refractivity contribution is 6.42. The smallest absolute Gasteiger partial charge is 0.381 e. The molecule has 3 aromatic rings. The molecule has 12 heteroatoms. The molecule has 0 unspecified atom stereocenters. The quantitative estimate of drug-likeness (QED) is 0.283. The predicted octanol–water partition coefficient (Wildman–Crippen LogP) is 6.58. The second-order valence-corrected chi connectivity index (χ2v) is 9.50. The molecule has 2 aliphatic heterocycles. The van der Waals surface area contributed by atoms with Gasteiger partial charge >= 0.3 is 6.18 Å². The summed E-state index contributed by atoms with van der Waals surface area (Å²) in [4.78, 5) is 0. The second kappa shape index (κ2) is 9.94. The highest BCUT2D eigenvalue weighted by Gasteiger charge is 2.42. The lowest BCUT2D eigenvalue weighted by molar-refractivity contribution is -0.144. The molecule has 2 fully saturated rings. The zero-order chi connectivity index (χ0) is 24.1. The number of hydrogen-bond donors (Lipinski definition) is 2. The van der Waals surface area contributed by atoms with E-state index in [1.165, 1.54) is 18.2 Å². The average molecular weight is 554 g/mol. The third-order valence-corrected chi connectivity index (χ3v) is 7.37. The van der Waals surface area contributed by atoms with Crippen LogP contribution in [-0.2, 0) is 16.5 Å². The van der Waals surface area contributed by atoms with Gasteiger partial charge in [0.2, 0.25) is 0 Å². The van der Waals surface area contributed by atoms with E-state index < -0.39 is 23.2 Å². The van der Waals surface area contributed by atoms with E-state index in [1.54, 1.807) is 12.1 Å². The minimum absolute atomic E-state index is 0. The van der Waals surface area contributed by atoms with Crippen LogP contribution in [0.5, 0.6) is 0 Å². The van der Waals surface area contributed by atoms with Gasteiger partial charge < -0.3 is 15.4 Å². The van der Waals surface area contributed by atoms with E-state index in [-0.39, 0.29) is 45.0 Å². The third-order valence-electron chi connectivity index (χ3n) is 6.56. The SMILES string of the molecule is Cl.Fc1ccc(Cl)c(Cl)c1[C@@]1(Nc2ccc3c(C(F)(F)F)n(C4CCOCC4)nc3c2)CCNC1. The summed E-state index contributed by atoms with van der Waals surface area (Å²) in [6.45, 7) is 1.76. The van der Waals surface area contributed by atoms with Gasteiger partial charge in [-0.2, -0.15) is 18.3 Å². The molecule has 0 radical (unpaired) electrons. The van der Waals surface area contributed by atoms with Crippen molar-refractivity contribution >= 4 is 52.2 Å². The minimum Gasteiger partial charge on any atom is -0.381 e. The first kappa shape index (κ1) is 26.3. The van der Waals surface area contributed by atoms with Crippen LogP contribution < -0.4 is 10.6 Å². The molecule has 0 bridgehead atoms. The van der Waals surface area contributed by atoms with Crippen LogP contribution in [0.2, 0.25) is 10.0 Å². The number of fused-ring (bicyclic) bond motifs is 1. The number of aromatic nitrogens is 2. The molecule has 2 aliphatic rings. The monoisotopic (exact) mass is 552 g/mol. The maximum atomic E-state index is 14.9. The van der Waals surface area contributed by atoms with Crippen LogP contribution in [0.15, 0.2) is 30.3 Å². The summed E-state index contributed by atoms with van der Waals surface area (Å²) < 4.78 is 63.4. The van der Waals surface area contributed by atoms with Crippen molar-refractivity contribution in [1.82, 2.24) is 15.1 Å². The van der Waals surface area contributed by atoms with Crippen molar-refractivity contribution in [2.45, 2.75) is 37.0 Å². The van der Waals surface area contributed by atoms with Gasteiger partial charge in [0.1, 0.15) is 5.82 Å². The van der Waals surface area contributed by atoms with Crippen LogP contribution in [0.1, 0.15) is 36.6 Å². The lowest BCUT2D eigenvalue weighted by atomic mass is 9.88. The van der Waals surface area contributed by atoms with Gasteiger partial charge in [-0.25, -0.2) is 4.39 Å². The summed E-state index contributed by atoms with van der Waals surface area (Å²) in [7, 11) is 0. The van der Waals surface area contributed by atoms with Gasteiger partial charge in [-0.1, -0.05) is 23.2 Å². The van der Waals surface area contributed by atoms with Crippen LogP contribution in [0.4, 0.5) is 23.2 Å². The molecule has 2 N–H and O–H groups in total. The number of anilines is 1. The molecule has 0 amide bonds. The predicted molar refractivity (Wildman–Crippen MR) is 130 cm³/mol. The molecular formula is C23H23Cl3F4N4O. The summed E-state index contributed by atoms with van der Waals surface area (Å²) >= 11 is 12.6. The molecule has 0 saturated carbocycles. The standard InChI is InChI=1S/C23H22Cl2F4N4O.ClH/c24-16-3-4-17(26)19(20(16)25)22(7-8-30-12-22)31-13-1-2-15-18(11-13)32-33(21(15)23(27,28)29)14-5-9-34-10-6-14;/h1-4,11,14,30-31H,5-10,12H2;1H/t22-;/m1./s1.